The summed E-state index contributed by atoms with van der Waals surface area (Å²) < 4.78 is 18.6. The van der Waals surface area contributed by atoms with E-state index in [1.807, 2.05) is 30.3 Å². The van der Waals surface area contributed by atoms with Gasteiger partial charge in [0, 0.05) is 62.5 Å². The lowest BCUT2D eigenvalue weighted by molar-refractivity contribution is 0.101. The van der Waals surface area contributed by atoms with E-state index in [4.69, 9.17) is 0 Å². The van der Waals surface area contributed by atoms with Crippen LogP contribution in [0.5, 0.6) is 0 Å². The number of nitriles is 1. The van der Waals surface area contributed by atoms with E-state index < -0.39 is 0 Å². The van der Waals surface area contributed by atoms with Gasteiger partial charge < -0.3 is 20.6 Å². The van der Waals surface area contributed by atoms with Crippen molar-refractivity contribution in [2.75, 3.05) is 10.6 Å². The first-order valence-corrected chi connectivity index (χ1v) is 17.5. The number of nitrogens with zero attached hydrogens (tertiary/aromatic N) is 7. The summed E-state index contributed by atoms with van der Waals surface area (Å²) in [6, 6.07) is 19.7. The molecule has 6 aromatic heterocycles. The third-order valence-electron chi connectivity index (χ3n) is 8.04. The molecule has 2 aromatic carbocycles. The van der Waals surface area contributed by atoms with Gasteiger partial charge in [0.25, 0.3) is 11.8 Å². The molecule has 2 amide bonds. The maximum Gasteiger partial charge on any atom is 0.258 e. The minimum Gasteiger partial charge on any atom is -0.344 e. The number of carbonyl (C=O) groups is 2. The Balaban J connectivity index is 0.000000164. The molecule has 0 saturated carbocycles. The van der Waals surface area contributed by atoms with Crippen LogP contribution in [-0.4, -0.2) is 51.3 Å². The maximum atomic E-state index is 13.7. The highest BCUT2D eigenvalue weighted by molar-refractivity contribution is 9.10. The van der Waals surface area contributed by atoms with Gasteiger partial charge in [-0.1, -0.05) is 36.4 Å². The molecule has 0 atom stereocenters. The number of halogens is 3. The molecule has 53 heavy (non-hydrogen) atoms. The fraction of sp³-hybridized carbons (Fsp3) is 0.0541. The van der Waals surface area contributed by atoms with Gasteiger partial charge in [0.05, 0.1) is 59.6 Å². The predicted octanol–water partition coefficient (Wildman–Crippen LogP) is 7.66. The maximum absolute atomic E-state index is 13.7. The van der Waals surface area contributed by atoms with Crippen molar-refractivity contribution in [1.82, 2.24) is 39.5 Å². The second-order valence-corrected chi connectivity index (χ2v) is 13.5. The molecule has 13 nitrogen and oxygen atoms in total. The van der Waals surface area contributed by atoms with Gasteiger partial charge in [-0.25, -0.2) is 14.4 Å². The number of aromatic nitrogens is 8. The average Bonchev–Trinajstić information content (AvgIpc) is 3.98. The van der Waals surface area contributed by atoms with Crippen molar-refractivity contribution in [3.8, 4) is 6.07 Å². The molecule has 6 heterocycles. The molecule has 4 N–H and O–H groups in total. The van der Waals surface area contributed by atoms with Crippen molar-refractivity contribution in [3.05, 3.63) is 153 Å². The van der Waals surface area contributed by atoms with Gasteiger partial charge in [-0.05, 0) is 61.7 Å². The summed E-state index contributed by atoms with van der Waals surface area (Å²) in [5, 5.41) is 24.9. The zero-order valence-corrected chi connectivity index (χ0v) is 30.6. The number of nitrogens with one attached hydrogen (secondary N) is 4. The van der Waals surface area contributed by atoms with E-state index in [0.29, 0.717) is 51.5 Å². The van der Waals surface area contributed by atoms with Crippen molar-refractivity contribution >= 4 is 77.1 Å². The lowest BCUT2D eigenvalue weighted by Gasteiger charge is -2.04. The summed E-state index contributed by atoms with van der Waals surface area (Å²) in [6.45, 7) is 0.671. The number of rotatable bonds is 8. The van der Waals surface area contributed by atoms with Gasteiger partial charge in [-0.3, -0.25) is 19.0 Å². The first-order valence-electron chi connectivity index (χ1n) is 15.9. The number of hydrogen-bond acceptors (Lipinski definition) is 7. The molecule has 0 fully saturated rings. The van der Waals surface area contributed by atoms with Gasteiger partial charge in [0.1, 0.15) is 17.1 Å². The molecule has 0 radical (unpaired) electrons. The molecule has 0 spiro atoms. The highest BCUT2D eigenvalue weighted by Gasteiger charge is 2.15. The van der Waals surface area contributed by atoms with Crippen molar-refractivity contribution in [2.24, 2.45) is 0 Å². The molecule has 0 unspecified atom stereocenters. The Morgan fingerprint density at radius 1 is 0.736 bits per heavy atom. The van der Waals surface area contributed by atoms with Gasteiger partial charge >= 0.3 is 0 Å². The second-order valence-electron chi connectivity index (χ2n) is 11.6. The number of carbonyl (C=O) groups excluding carboxylic acids is 2. The average molecular weight is 835 g/mol. The van der Waals surface area contributed by atoms with E-state index in [-0.39, 0.29) is 24.2 Å². The van der Waals surface area contributed by atoms with Crippen molar-refractivity contribution < 1.29 is 14.0 Å². The summed E-state index contributed by atoms with van der Waals surface area (Å²) in [5.41, 5.74) is 5.41. The topological polar surface area (TPSA) is 175 Å². The number of hydrogen-bond donors (Lipinski definition) is 4. The quantitative estimate of drug-likeness (QED) is 0.122. The molecule has 16 heteroatoms. The summed E-state index contributed by atoms with van der Waals surface area (Å²) in [4.78, 5) is 39.6. The third kappa shape index (κ3) is 8.06. The Kier molecular flexibility index (Phi) is 10.2. The molecule has 0 saturated heterocycles. The predicted molar refractivity (Wildman–Crippen MR) is 204 cm³/mol. The van der Waals surface area contributed by atoms with Crippen LogP contribution in [0.4, 0.5) is 15.8 Å². The van der Waals surface area contributed by atoms with E-state index in [2.05, 4.69) is 78.7 Å². The van der Waals surface area contributed by atoms with Crippen LogP contribution in [0, 0.1) is 17.1 Å². The molecule has 0 aliphatic heterocycles. The minimum absolute atomic E-state index is 0.254. The summed E-state index contributed by atoms with van der Waals surface area (Å²) in [6.07, 6.45) is 13.0. The van der Waals surface area contributed by atoms with E-state index >= 15 is 0 Å². The minimum atomic E-state index is -0.300. The lowest BCUT2D eigenvalue weighted by atomic mass is 10.1. The third-order valence-corrected chi connectivity index (χ3v) is 8.91. The van der Waals surface area contributed by atoms with Crippen LogP contribution < -0.4 is 10.6 Å². The number of anilines is 2. The van der Waals surface area contributed by atoms with E-state index in [0.717, 1.165) is 25.3 Å². The molecule has 262 valence electrons. The number of H-pyrrole nitrogens is 2. The van der Waals surface area contributed by atoms with Crippen molar-refractivity contribution in [2.45, 2.75) is 13.1 Å². The number of benzene rings is 2. The zero-order chi connectivity index (χ0) is 36.9. The van der Waals surface area contributed by atoms with Crippen LogP contribution in [0.15, 0.2) is 119 Å². The lowest BCUT2D eigenvalue weighted by Crippen LogP contribution is -2.11. The zero-order valence-electron chi connectivity index (χ0n) is 27.4. The molecular weight excluding hydrogens is 809 g/mol. The second kappa shape index (κ2) is 15.4. The highest BCUT2D eigenvalue weighted by atomic mass is 79.9. The van der Waals surface area contributed by atoms with Crippen LogP contribution in [0.25, 0.3) is 22.1 Å². The number of aromatic amines is 2. The Morgan fingerprint density at radius 2 is 1.23 bits per heavy atom. The summed E-state index contributed by atoms with van der Waals surface area (Å²) in [7, 11) is 0. The number of amides is 2. The smallest absolute Gasteiger partial charge is 0.258 e. The van der Waals surface area contributed by atoms with Gasteiger partial charge in [-0.15, -0.1) is 0 Å². The van der Waals surface area contributed by atoms with Gasteiger partial charge in [0.2, 0.25) is 0 Å². The molecule has 0 aliphatic rings. The fourth-order valence-corrected chi connectivity index (χ4v) is 6.09. The van der Waals surface area contributed by atoms with Crippen molar-refractivity contribution in [3.63, 3.8) is 0 Å². The fourth-order valence-electron chi connectivity index (χ4n) is 5.43. The molecule has 0 bridgehead atoms. The Morgan fingerprint density at radius 3 is 1.75 bits per heavy atom. The molecular formula is C37H26Br2FN11O2. The highest BCUT2D eigenvalue weighted by Crippen LogP contribution is 2.26. The van der Waals surface area contributed by atoms with E-state index in [9.17, 15) is 19.2 Å². The van der Waals surface area contributed by atoms with Crippen LogP contribution in [0.2, 0.25) is 0 Å². The van der Waals surface area contributed by atoms with Gasteiger partial charge in [0.15, 0.2) is 0 Å². The number of pyridine rings is 2. The molecule has 8 aromatic rings. The van der Waals surface area contributed by atoms with E-state index in [1.54, 1.807) is 66.1 Å². The van der Waals surface area contributed by atoms with Crippen molar-refractivity contribution in [1.29, 1.82) is 5.26 Å². The normalized spacial score (nSPS) is 10.8. The van der Waals surface area contributed by atoms with E-state index in [1.165, 1.54) is 23.1 Å². The monoisotopic (exact) mass is 833 g/mol. The summed E-state index contributed by atoms with van der Waals surface area (Å²) in [5.74, 6) is -0.868. The van der Waals surface area contributed by atoms with Crippen LogP contribution in [0.3, 0.4) is 0 Å². The Hall–Kier alpha value is -6.44. The van der Waals surface area contributed by atoms with Crippen LogP contribution in [-0.2, 0) is 13.1 Å². The van der Waals surface area contributed by atoms with Gasteiger partial charge in [-0.2, -0.15) is 15.5 Å². The Labute approximate surface area is 317 Å². The van der Waals surface area contributed by atoms with Crippen LogP contribution in [0.1, 0.15) is 37.4 Å². The van der Waals surface area contributed by atoms with Crippen LogP contribution >= 0.6 is 31.9 Å². The standard InChI is InChI=1S/C19H13BrN6O.C18H13BrFN5O/c20-15-5-16-17(9-23-18(16)22-8-15)25-19(27)14-7-24-26(11-14)10-13-4-2-1-3-12(13)6-21;19-13-5-14-16(8-22-17(14)21-7-13)24-18(26)12-6-23-25(10-12)9-11-3-1-2-4-15(11)20/h1-5,7-9,11H,10H2,(H,22,23)(H,25,27);1-8,10H,9H2,(H,21,22)(H,24,26). The molecule has 8 rings (SSSR count). The first-order chi connectivity index (χ1) is 25.7. The largest absolute Gasteiger partial charge is 0.344 e. The first kappa shape index (κ1) is 35.0. The number of fused-ring (bicyclic) bond motifs is 2. The SMILES string of the molecule is N#Cc1ccccc1Cn1cc(C(=O)Nc2c[nH]c3ncc(Br)cc23)cn1.O=C(Nc1c[nH]c2ncc(Br)cc12)c1cnn(Cc2ccccc2F)c1. The molecule has 0 aliphatic carbocycles. The summed E-state index contributed by atoms with van der Waals surface area (Å²) >= 11 is 6.75. The Bertz CT molecular complexity index is 2650.